The van der Waals surface area contributed by atoms with Gasteiger partial charge in [0.15, 0.2) is 0 Å². The third kappa shape index (κ3) is 4790. The van der Waals surface area contributed by atoms with Gasteiger partial charge in [0.1, 0.15) is 0 Å². The van der Waals surface area contributed by atoms with Crippen LogP contribution < -0.4 is 0 Å². The molecule has 0 aliphatic rings. The van der Waals surface area contributed by atoms with Crippen LogP contribution in [-0.2, 0) is 0 Å². The van der Waals surface area contributed by atoms with Crippen LogP contribution in [0, 0.1) is 0 Å². The first-order valence-corrected chi connectivity index (χ1v) is 15.7. The van der Waals surface area contributed by atoms with E-state index in [-0.39, 0.29) is 29.6 Å². The van der Waals surface area contributed by atoms with Gasteiger partial charge in [-0.2, -0.15) is 0 Å². The molecule has 0 aliphatic carbocycles. The van der Waals surface area contributed by atoms with Gasteiger partial charge in [-0.05, 0) is 0 Å². The average Bonchev–Trinajstić information content (AvgIpc) is 1.94. The Morgan fingerprint density at radius 3 is 0.161 bits per heavy atom. The zero-order valence-electron chi connectivity index (χ0n) is 13.5. The third-order valence-electron chi connectivity index (χ3n) is 0. The Kier molecular flexibility index (Phi) is 35.4. The van der Waals surface area contributed by atoms with Crippen LogP contribution in [0.25, 0.3) is 0 Å². The molecule has 0 aromatic carbocycles. The van der Waals surface area contributed by atoms with Gasteiger partial charge in [0, 0.05) is 29.6 Å². The van der Waals surface area contributed by atoms with Gasteiger partial charge in [-0.15, -0.1) is 0 Å². The zero-order chi connectivity index (χ0) is 27.0. The maximum absolute atomic E-state index is 9.85. The normalized spacial score (nSPS) is 11.6. The predicted molar refractivity (Wildman–Crippen MR) is 66.9 cm³/mol. The number of rotatable bonds is 0. The van der Waals surface area contributed by atoms with E-state index in [0.717, 1.165) is 0 Å². The molecule has 1 radical (unpaired) electrons. The Morgan fingerprint density at radius 1 is 0.161 bits per heavy atom. The molecular weight excluding hydrogens is 641 g/mol. The van der Waals surface area contributed by atoms with Gasteiger partial charge in [0.25, 0.3) is 0 Å². The summed E-state index contributed by atoms with van der Waals surface area (Å²) in [5, 5.41) is 0. The van der Waals surface area contributed by atoms with Crippen molar-refractivity contribution in [1.82, 2.24) is 0 Å². The van der Waals surface area contributed by atoms with Crippen molar-refractivity contribution in [3.05, 3.63) is 0 Å². The molecule has 0 atom stereocenters. The second kappa shape index (κ2) is 21.8. The molecule has 0 saturated carbocycles. The number of hydrogen-bond donors (Lipinski definition) is 0. The fraction of sp³-hybridized carbons (Fsp3) is 0. The first-order valence-electron chi connectivity index (χ1n) is 5.24. The van der Waals surface area contributed by atoms with Gasteiger partial charge >= 0.3 is 89.5 Å². The van der Waals surface area contributed by atoms with Crippen LogP contribution in [0.2, 0.25) is 0 Å². The second-order valence-electron chi connectivity index (χ2n) is 2.97. The van der Waals surface area contributed by atoms with Crippen LogP contribution in [0.3, 0.4) is 0 Å². The molecule has 0 amide bonds. The summed E-state index contributed by atoms with van der Waals surface area (Å²) in [6, 6.07) is 0. The van der Waals surface area contributed by atoms with Gasteiger partial charge in [-0.25, -0.2) is 0 Å². The first-order chi connectivity index (χ1) is 12.0. The fourth-order valence-corrected chi connectivity index (χ4v) is 0. The van der Waals surface area contributed by atoms with Crippen LogP contribution in [-0.4, -0.2) is 119 Å². The molecule has 31 heteroatoms. The van der Waals surface area contributed by atoms with Crippen molar-refractivity contribution in [1.29, 1.82) is 0 Å². The second-order valence-corrected chi connectivity index (χ2v) is 8.91. The molecule has 0 rings (SSSR count). The summed E-state index contributed by atoms with van der Waals surface area (Å²) in [6.45, 7) is 0. The predicted octanol–water partition coefficient (Wildman–Crippen LogP) is 7.42. The van der Waals surface area contributed by atoms with Crippen molar-refractivity contribution in [2.45, 2.75) is 0 Å². The van der Waals surface area contributed by atoms with Crippen molar-refractivity contribution in [2.24, 2.45) is 0 Å². The van der Waals surface area contributed by atoms with Crippen LogP contribution in [0.15, 0.2) is 0 Å². The Labute approximate surface area is 202 Å². The van der Waals surface area contributed by atoms with Gasteiger partial charge in [0.2, 0.25) is 0 Å². The summed E-state index contributed by atoms with van der Waals surface area (Å²) in [7, 11) is 0. The zero-order valence-corrected chi connectivity index (χ0v) is 22.5. The summed E-state index contributed by atoms with van der Waals surface area (Å²) in [5.74, 6) is 0. The van der Waals surface area contributed by atoms with Crippen molar-refractivity contribution in [2.75, 3.05) is 0 Å². The van der Waals surface area contributed by atoms with Crippen molar-refractivity contribution in [3.8, 4) is 0 Å². The Hall–Kier alpha value is 2.51. The molecular formula is Al6F24Na-6. The minimum atomic E-state index is -6.83. The molecule has 0 aliphatic heterocycles. The van der Waals surface area contributed by atoms with Crippen molar-refractivity contribution in [3.63, 3.8) is 0 Å². The maximum Gasteiger partial charge on any atom is 1.04 e. The molecule has 0 heterocycles. The molecule has 31 heavy (non-hydrogen) atoms. The molecule has 0 spiro atoms. The summed E-state index contributed by atoms with van der Waals surface area (Å²) in [6.07, 6.45) is 0. The van der Waals surface area contributed by atoms with Crippen LogP contribution >= 0.6 is 0 Å². The minimum absolute atomic E-state index is 0. The fourth-order valence-electron chi connectivity index (χ4n) is 0. The van der Waals surface area contributed by atoms with Crippen molar-refractivity contribution >= 4 is 119 Å². The summed E-state index contributed by atoms with van der Waals surface area (Å²) >= 11 is -41.0. The van der Waals surface area contributed by atoms with Gasteiger partial charge in [-0.3, -0.25) is 0 Å². The summed E-state index contributed by atoms with van der Waals surface area (Å²) < 4.78 is 236. The number of halogens is 24. The van der Waals surface area contributed by atoms with E-state index in [1.165, 1.54) is 0 Å². The number of hydrogen-bond acceptors (Lipinski definition) is 0. The van der Waals surface area contributed by atoms with Gasteiger partial charge < -0.3 is 84.6 Å². The van der Waals surface area contributed by atoms with Crippen LogP contribution in [0.1, 0.15) is 0 Å². The van der Waals surface area contributed by atoms with E-state index >= 15 is 0 Å². The minimum Gasteiger partial charge on any atom is -0.510 e. The van der Waals surface area contributed by atoms with E-state index in [1.807, 2.05) is 0 Å². The molecule has 0 aromatic rings. The molecule has 0 fully saturated rings. The molecule has 193 valence electrons. The SMILES string of the molecule is [F][Al-]([F])([F])[F].[F][Al-]([F])([F])[F].[F][Al-]([F])([F])[F].[F][Al-]([F])([F])[F].[F][Al-]([F])([F])[F].[F][Al-]([F])([F])[F].[Na]. The molecule has 0 aromatic heterocycles. The van der Waals surface area contributed by atoms with E-state index in [1.54, 1.807) is 0 Å². The first kappa shape index (κ1) is 50.4. The Morgan fingerprint density at radius 2 is 0.161 bits per heavy atom. The Bertz CT molecular complexity index is 214. The maximum atomic E-state index is 9.85. The van der Waals surface area contributed by atoms with Gasteiger partial charge in [0.05, 0.1) is 0 Å². The van der Waals surface area contributed by atoms with E-state index < -0.39 is 89.5 Å². The van der Waals surface area contributed by atoms with Crippen LogP contribution in [0.5, 0.6) is 0 Å². The summed E-state index contributed by atoms with van der Waals surface area (Å²) in [5.41, 5.74) is 0. The largest absolute Gasteiger partial charge is 1.04 e. The van der Waals surface area contributed by atoms with E-state index in [2.05, 4.69) is 0 Å². The smallest absolute Gasteiger partial charge is 0.510 e. The Balaban J connectivity index is -0.0000000443. The summed E-state index contributed by atoms with van der Waals surface area (Å²) in [4.78, 5) is 0. The van der Waals surface area contributed by atoms with Crippen LogP contribution in [0.4, 0.5) is 84.6 Å². The quantitative estimate of drug-likeness (QED) is 0.191. The molecule has 0 bridgehead atoms. The topological polar surface area (TPSA) is 0 Å². The monoisotopic (exact) mass is 641 g/mol. The van der Waals surface area contributed by atoms with E-state index in [4.69, 9.17) is 0 Å². The standard InChI is InChI=1S/6Al.24FH.Na/h;;;;;;24*1H;/q6*+3;;;;;;;;;;;;;;;;;;;;;;;;;/p-24. The third-order valence-corrected chi connectivity index (χ3v) is 0. The molecule has 0 saturated heterocycles. The van der Waals surface area contributed by atoms with Crippen molar-refractivity contribution < 1.29 is 84.6 Å². The molecule has 0 N–H and O–H groups in total. The molecule has 0 nitrogen and oxygen atoms in total. The van der Waals surface area contributed by atoms with Gasteiger partial charge in [-0.1, -0.05) is 0 Å². The average molecular weight is 641 g/mol. The molecule has 0 unspecified atom stereocenters. The van der Waals surface area contributed by atoms with E-state index in [0.29, 0.717) is 0 Å². The van der Waals surface area contributed by atoms with E-state index in [9.17, 15) is 84.6 Å².